The largest absolute Gasteiger partial charge is 0.389 e. The Morgan fingerprint density at radius 2 is 1.95 bits per heavy atom. The zero-order valence-electron chi connectivity index (χ0n) is 12.3. The molecule has 2 aromatic carbocycles. The molecule has 0 unspecified atom stereocenters. The highest BCUT2D eigenvalue weighted by atomic mass is 32.1. The maximum atomic E-state index is 14.2. The molecule has 0 spiro atoms. The molecule has 0 fully saturated rings. The molecule has 4 heteroatoms. The van der Waals surface area contributed by atoms with Crippen LogP contribution >= 0.6 is 12.2 Å². The van der Waals surface area contributed by atoms with E-state index < -0.39 is 0 Å². The first kappa shape index (κ1) is 15.4. The van der Waals surface area contributed by atoms with Crippen LogP contribution in [0.2, 0.25) is 0 Å². The lowest BCUT2D eigenvalue weighted by Crippen LogP contribution is -2.23. The van der Waals surface area contributed by atoms with Gasteiger partial charge in [0.1, 0.15) is 10.8 Å². The number of benzene rings is 2. The molecule has 0 aromatic heterocycles. The first-order chi connectivity index (χ1) is 10.0. The summed E-state index contributed by atoms with van der Waals surface area (Å²) in [5.74, 6) is -0.271. The van der Waals surface area contributed by atoms with Crippen molar-refractivity contribution in [2.24, 2.45) is 5.73 Å². The van der Waals surface area contributed by atoms with Gasteiger partial charge in [-0.15, -0.1) is 0 Å². The van der Waals surface area contributed by atoms with Crippen molar-refractivity contribution in [3.05, 3.63) is 65.0 Å². The molecular weight excluding hydrogens is 283 g/mol. The molecule has 0 bridgehead atoms. The van der Waals surface area contributed by atoms with Gasteiger partial charge in [0.15, 0.2) is 0 Å². The summed E-state index contributed by atoms with van der Waals surface area (Å²) >= 11 is 4.87. The van der Waals surface area contributed by atoms with Gasteiger partial charge in [-0.25, -0.2) is 4.39 Å². The number of thiocarbonyl (C=S) groups is 1. The second-order valence-corrected chi connectivity index (χ2v) is 5.41. The predicted octanol–water partition coefficient (Wildman–Crippen LogP) is 3.79. The summed E-state index contributed by atoms with van der Waals surface area (Å²) in [4.78, 5) is 2.36. The van der Waals surface area contributed by atoms with Crippen molar-refractivity contribution >= 4 is 22.9 Å². The van der Waals surface area contributed by atoms with E-state index >= 15 is 0 Å². The maximum absolute atomic E-state index is 14.2. The molecule has 0 heterocycles. The first-order valence-electron chi connectivity index (χ1n) is 6.91. The minimum absolute atomic E-state index is 0.215. The lowest BCUT2D eigenvalue weighted by Gasteiger charge is -2.25. The van der Waals surface area contributed by atoms with Crippen molar-refractivity contribution in [1.29, 1.82) is 0 Å². The summed E-state index contributed by atoms with van der Waals surface area (Å²) in [5, 5.41) is 0. The number of hydrogen-bond donors (Lipinski definition) is 1. The second kappa shape index (κ2) is 6.68. The Labute approximate surface area is 130 Å². The number of halogens is 1. The normalized spacial score (nSPS) is 10.4. The van der Waals surface area contributed by atoms with Crippen molar-refractivity contribution < 1.29 is 4.39 Å². The molecule has 21 heavy (non-hydrogen) atoms. The molecule has 0 atom stereocenters. The molecule has 0 aliphatic rings. The van der Waals surface area contributed by atoms with Crippen LogP contribution in [-0.4, -0.2) is 11.5 Å². The average molecular weight is 302 g/mol. The summed E-state index contributed by atoms with van der Waals surface area (Å²) in [6.07, 6.45) is 0. The quantitative estimate of drug-likeness (QED) is 0.852. The van der Waals surface area contributed by atoms with Crippen LogP contribution in [0.4, 0.5) is 10.1 Å². The van der Waals surface area contributed by atoms with Crippen molar-refractivity contribution in [3.8, 4) is 0 Å². The number of hydrogen-bond acceptors (Lipinski definition) is 2. The predicted molar refractivity (Wildman–Crippen MR) is 90.2 cm³/mol. The topological polar surface area (TPSA) is 29.3 Å². The second-order valence-electron chi connectivity index (χ2n) is 4.97. The van der Waals surface area contributed by atoms with Gasteiger partial charge >= 0.3 is 0 Å². The smallest absolute Gasteiger partial charge is 0.128 e. The zero-order chi connectivity index (χ0) is 15.4. The third-order valence-corrected chi connectivity index (χ3v) is 3.77. The third-order valence-electron chi connectivity index (χ3n) is 3.54. The minimum Gasteiger partial charge on any atom is -0.389 e. The molecule has 2 rings (SSSR count). The molecule has 110 valence electrons. The Bertz CT molecular complexity index is 655. The van der Waals surface area contributed by atoms with Gasteiger partial charge in [-0.3, -0.25) is 0 Å². The minimum atomic E-state index is -0.271. The summed E-state index contributed by atoms with van der Waals surface area (Å²) in [6.45, 7) is 5.45. The van der Waals surface area contributed by atoms with E-state index in [4.69, 9.17) is 18.0 Å². The van der Waals surface area contributed by atoms with Gasteiger partial charge in [-0.2, -0.15) is 0 Å². The number of anilines is 1. The van der Waals surface area contributed by atoms with Gasteiger partial charge in [-0.1, -0.05) is 42.5 Å². The van der Waals surface area contributed by atoms with Gasteiger partial charge in [0.05, 0.1) is 0 Å². The van der Waals surface area contributed by atoms with Gasteiger partial charge < -0.3 is 10.6 Å². The Morgan fingerprint density at radius 3 is 2.52 bits per heavy atom. The van der Waals surface area contributed by atoms with Crippen LogP contribution in [0.5, 0.6) is 0 Å². The van der Waals surface area contributed by atoms with Crippen molar-refractivity contribution in [2.75, 3.05) is 11.4 Å². The summed E-state index contributed by atoms with van der Waals surface area (Å²) in [6, 6.07) is 13.0. The molecule has 0 amide bonds. The fourth-order valence-corrected chi connectivity index (χ4v) is 2.45. The summed E-state index contributed by atoms with van der Waals surface area (Å²) < 4.78 is 14.2. The Hall–Kier alpha value is -1.94. The summed E-state index contributed by atoms with van der Waals surface area (Å²) in [5.41, 5.74) is 9.03. The van der Waals surface area contributed by atoms with Gasteiger partial charge in [-0.05, 0) is 31.5 Å². The molecular formula is C17H19FN2S. The van der Waals surface area contributed by atoms with E-state index in [1.165, 1.54) is 11.6 Å². The summed E-state index contributed by atoms with van der Waals surface area (Å²) in [7, 11) is 0. The van der Waals surface area contributed by atoms with Crippen LogP contribution in [0.15, 0.2) is 42.5 Å². The van der Waals surface area contributed by atoms with Crippen molar-refractivity contribution in [1.82, 2.24) is 0 Å². The highest BCUT2D eigenvalue weighted by Gasteiger charge is 2.11. The number of nitrogens with two attached hydrogens (primary N) is 1. The zero-order valence-corrected chi connectivity index (χ0v) is 13.1. The molecule has 0 radical (unpaired) electrons. The molecule has 0 saturated heterocycles. The standard InChI is InChI=1S/C17H19FN2S/c1-3-20(16-7-5-4-6-12(16)2)11-14-9-8-13(17(19)21)10-15(14)18/h4-10H,3,11H2,1-2H3,(H2,19,21). The van der Waals surface area contributed by atoms with E-state index in [0.717, 1.165) is 12.2 Å². The molecule has 2 N–H and O–H groups in total. The molecule has 2 aromatic rings. The van der Waals surface area contributed by atoms with Gasteiger partial charge in [0.2, 0.25) is 0 Å². The average Bonchev–Trinajstić information content (AvgIpc) is 2.47. The van der Waals surface area contributed by atoms with Gasteiger partial charge in [0, 0.05) is 29.9 Å². The fraction of sp³-hybridized carbons (Fsp3) is 0.235. The van der Waals surface area contributed by atoms with E-state index in [2.05, 4.69) is 30.9 Å². The fourth-order valence-electron chi connectivity index (χ4n) is 2.32. The van der Waals surface area contributed by atoms with Crippen LogP contribution in [0.3, 0.4) is 0 Å². The van der Waals surface area contributed by atoms with Crippen molar-refractivity contribution in [2.45, 2.75) is 20.4 Å². The van der Waals surface area contributed by atoms with Crippen LogP contribution in [0.25, 0.3) is 0 Å². The SMILES string of the molecule is CCN(Cc1ccc(C(N)=S)cc1F)c1ccccc1C. The number of rotatable bonds is 5. The highest BCUT2D eigenvalue weighted by molar-refractivity contribution is 7.80. The van der Waals surface area contributed by atoms with Crippen LogP contribution in [-0.2, 0) is 6.54 Å². The van der Waals surface area contributed by atoms with Crippen LogP contribution in [0, 0.1) is 12.7 Å². The van der Waals surface area contributed by atoms with E-state index in [1.807, 2.05) is 12.1 Å². The molecule has 0 saturated carbocycles. The molecule has 2 nitrogen and oxygen atoms in total. The Kier molecular flexibility index (Phi) is 4.91. The molecule has 0 aliphatic heterocycles. The third kappa shape index (κ3) is 3.58. The first-order valence-corrected chi connectivity index (χ1v) is 7.32. The number of nitrogens with zero attached hydrogens (tertiary/aromatic N) is 1. The number of aryl methyl sites for hydroxylation is 1. The Morgan fingerprint density at radius 1 is 1.24 bits per heavy atom. The highest BCUT2D eigenvalue weighted by Crippen LogP contribution is 2.22. The monoisotopic (exact) mass is 302 g/mol. The van der Waals surface area contributed by atoms with E-state index in [9.17, 15) is 4.39 Å². The van der Waals surface area contributed by atoms with E-state index in [1.54, 1.807) is 12.1 Å². The lowest BCUT2D eigenvalue weighted by molar-refractivity contribution is 0.605. The Balaban J connectivity index is 2.27. The maximum Gasteiger partial charge on any atom is 0.128 e. The van der Waals surface area contributed by atoms with Gasteiger partial charge in [0.25, 0.3) is 0 Å². The van der Waals surface area contributed by atoms with E-state index in [0.29, 0.717) is 17.7 Å². The van der Waals surface area contributed by atoms with E-state index in [-0.39, 0.29) is 10.8 Å². The van der Waals surface area contributed by atoms with Crippen LogP contribution < -0.4 is 10.6 Å². The number of para-hydroxylation sites is 1. The van der Waals surface area contributed by atoms with Crippen LogP contribution in [0.1, 0.15) is 23.6 Å². The van der Waals surface area contributed by atoms with Crippen molar-refractivity contribution in [3.63, 3.8) is 0 Å². The lowest BCUT2D eigenvalue weighted by atomic mass is 10.1. The molecule has 0 aliphatic carbocycles.